The summed E-state index contributed by atoms with van der Waals surface area (Å²) >= 11 is -0.397. The third-order valence-electron chi connectivity index (χ3n) is 6.07. The van der Waals surface area contributed by atoms with Crippen molar-refractivity contribution in [3.8, 4) is 0 Å². The number of fused-ring (bicyclic) bond motifs is 3. The van der Waals surface area contributed by atoms with Crippen LogP contribution in [0.1, 0.15) is 35.1 Å². The average Bonchev–Trinajstić information content (AvgIpc) is 3.46. The molecule has 2 aliphatic carbocycles. The van der Waals surface area contributed by atoms with Crippen LogP contribution < -0.4 is 14.9 Å². The van der Waals surface area contributed by atoms with Gasteiger partial charge < -0.3 is 0 Å². The van der Waals surface area contributed by atoms with Gasteiger partial charge in [-0.3, -0.25) is 0 Å². The number of aryl methyl sites for hydroxylation is 2. The molecule has 2 aliphatic rings. The Bertz CT molecular complexity index is 1280. The quantitative estimate of drug-likeness (QED) is 0.529. The van der Waals surface area contributed by atoms with Gasteiger partial charge in [0.2, 0.25) is 0 Å². The molecule has 2 amide bonds. The summed E-state index contributed by atoms with van der Waals surface area (Å²) in [5, 5.41) is 2.88. The van der Waals surface area contributed by atoms with Gasteiger partial charge in [-0.2, -0.15) is 0 Å². The van der Waals surface area contributed by atoms with Crippen LogP contribution in [0.25, 0.3) is 11.0 Å². The molecule has 10 heteroatoms. The zero-order chi connectivity index (χ0) is 21.8. The SMILES string of the molecule is CN(C)c1ccc(S(=O)(=O)NC(=O)Nc2c3c(cc4c2CCC4)CCC3)c2n[se]nc12. The van der Waals surface area contributed by atoms with Gasteiger partial charge in [-0.05, 0) is 0 Å². The zero-order valence-corrected chi connectivity index (χ0v) is 19.9. The first-order valence-corrected chi connectivity index (χ1v) is 13.3. The van der Waals surface area contributed by atoms with Gasteiger partial charge in [0.1, 0.15) is 0 Å². The Morgan fingerprint density at radius 2 is 1.65 bits per heavy atom. The minimum atomic E-state index is -4.10. The summed E-state index contributed by atoms with van der Waals surface area (Å²) in [6, 6.07) is 4.72. The fourth-order valence-corrected chi connectivity index (χ4v) is 7.06. The van der Waals surface area contributed by atoms with Gasteiger partial charge in [-0.15, -0.1) is 0 Å². The van der Waals surface area contributed by atoms with E-state index < -0.39 is 31.0 Å². The van der Waals surface area contributed by atoms with E-state index in [0.717, 1.165) is 61.0 Å². The maximum absolute atomic E-state index is 13.1. The van der Waals surface area contributed by atoms with Crippen LogP contribution in [0.2, 0.25) is 0 Å². The molecule has 0 spiro atoms. The average molecular weight is 504 g/mol. The molecular formula is C21H23N5O3SSe. The van der Waals surface area contributed by atoms with Crippen LogP contribution in [-0.2, 0) is 35.7 Å². The molecule has 3 aromatic rings. The van der Waals surface area contributed by atoms with Crippen molar-refractivity contribution in [3.05, 3.63) is 40.5 Å². The summed E-state index contributed by atoms with van der Waals surface area (Å²) < 4.78 is 37.0. The Hall–Kier alpha value is -2.42. The van der Waals surface area contributed by atoms with Gasteiger partial charge in [-0.1, -0.05) is 0 Å². The molecule has 0 saturated heterocycles. The second kappa shape index (κ2) is 7.62. The number of urea groups is 1. The van der Waals surface area contributed by atoms with E-state index in [1.807, 2.05) is 19.0 Å². The van der Waals surface area contributed by atoms with E-state index in [1.54, 1.807) is 6.07 Å². The van der Waals surface area contributed by atoms with Crippen LogP contribution in [0, 0.1) is 0 Å². The summed E-state index contributed by atoms with van der Waals surface area (Å²) in [7, 11) is -0.364. The van der Waals surface area contributed by atoms with Gasteiger partial charge in [0.25, 0.3) is 0 Å². The Labute approximate surface area is 187 Å². The second-order valence-electron chi connectivity index (χ2n) is 8.23. The fraction of sp³-hybridized carbons (Fsp3) is 0.381. The first-order valence-electron chi connectivity index (χ1n) is 10.3. The molecule has 0 unspecified atom stereocenters. The van der Waals surface area contributed by atoms with Crippen LogP contribution >= 0.6 is 0 Å². The van der Waals surface area contributed by atoms with E-state index in [1.165, 1.54) is 17.2 Å². The number of amides is 2. The fourth-order valence-electron chi connectivity index (χ4n) is 4.69. The van der Waals surface area contributed by atoms with E-state index in [0.29, 0.717) is 11.0 Å². The molecule has 8 nitrogen and oxygen atoms in total. The monoisotopic (exact) mass is 505 g/mol. The van der Waals surface area contributed by atoms with Crippen molar-refractivity contribution in [2.75, 3.05) is 24.3 Å². The van der Waals surface area contributed by atoms with E-state index in [4.69, 9.17) is 0 Å². The first kappa shape index (κ1) is 20.5. The van der Waals surface area contributed by atoms with E-state index in [-0.39, 0.29) is 4.90 Å². The number of hydrogen-bond donors (Lipinski definition) is 2. The molecule has 2 aromatic carbocycles. The number of nitrogens with one attached hydrogen (secondary N) is 2. The minimum absolute atomic E-state index is 0.0186. The molecule has 5 rings (SSSR count). The van der Waals surface area contributed by atoms with Crippen LogP contribution in [-0.4, -0.2) is 51.5 Å². The number of carbonyl (C=O) groups excluding carboxylic acids is 1. The number of carbonyl (C=O) groups is 1. The third kappa shape index (κ3) is 3.52. The number of aromatic nitrogens is 2. The number of benzene rings is 2. The van der Waals surface area contributed by atoms with Gasteiger partial charge in [0.15, 0.2) is 0 Å². The maximum atomic E-state index is 13.1. The summed E-state index contributed by atoms with van der Waals surface area (Å²) in [5.74, 6) is 0. The van der Waals surface area contributed by atoms with Crippen LogP contribution in [0.4, 0.5) is 16.2 Å². The standard InChI is InChI=1S/C21H23N5O3SSe/c1-26(2)16-9-10-17(20-19(16)24-31-25-20)30(28,29)23-21(27)22-18-14-7-3-5-12(14)11-13-6-4-8-15(13)18/h9-11H,3-8H2,1-2H3,(H2,22,23,27). The number of rotatable bonds is 4. The molecule has 0 aliphatic heterocycles. The van der Waals surface area contributed by atoms with Crippen LogP contribution in [0.5, 0.6) is 0 Å². The predicted molar refractivity (Wildman–Crippen MR) is 121 cm³/mol. The van der Waals surface area contributed by atoms with Crippen molar-refractivity contribution < 1.29 is 13.2 Å². The molecular weight excluding hydrogens is 481 g/mol. The summed E-state index contributed by atoms with van der Waals surface area (Å²) in [6.07, 6.45) is 5.95. The van der Waals surface area contributed by atoms with Crippen LogP contribution in [0.3, 0.4) is 0 Å². The Morgan fingerprint density at radius 1 is 1.00 bits per heavy atom. The van der Waals surface area contributed by atoms with Gasteiger partial charge >= 0.3 is 188 Å². The Morgan fingerprint density at radius 3 is 2.29 bits per heavy atom. The van der Waals surface area contributed by atoms with E-state index >= 15 is 0 Å². The number of hydrogen-bond acceptors (Lipinski definition) is 6. The van der Waals surface area contributed by atoms with E-state index in [2.05, 4.69) is 24.1 Å². The topological polar surface area (TPSA) is 104 Å². The number of sulfonamides is 1. The van der Waals surface area contributed by atoms with Crippen molar-refractivity contribution in [2.45, 2.75) is 43.4 Å². The normalized spacial score (nSPS) is 15.0. The second-order valence-corrected chi connectivity index (χ2v) is 11.0. The molecule has 1 aromatic heterocycles. The summed E-state index contributed by atoms with van der Waals surface area (Å²) in [4.78, 5) is 14.7. The van der Waals surface area contributed by atoms with Gasteiger partial charge in [-0.25, -0.2) is 0 Å². The predicted octanol–water partition coefficient (Wildman–Crippen LogP) is 2.24. The molecule has 31 heavy (non-hydrogen) atoms. The molecule has 0 saturated carbocycles. The van der Waals surface area contributed by atoms with Crippen molar-refractivity contribution in [3.63, 3.8) is 0 Å². The van der Waals surface area contributed by atoms with Crippen molar-refractivity contribution in [1.82, 2.24) is 12.7 Å². The van der Waals surface area contributed by atoms with Crippen molar-refractivity contribution >= 4 is 53.4 Å². The molecule has 2 N–H and O–H groups in total. The van der Waals surface area contributed by atoms with Gasteiger partial charge in [0.05, 0.1) is 0 Å². The van der Waals surface area contributed by atoms with Gasteiger partial charge in [0, 0.05) is 0 Å². The molecule has 0 radical (unpaired) electrons. The molecule has 0 atom stereocenters. The number of nitrogens with zero attached hydrogens (tertiary/aromatic N) is 3. The van der Waals surface area contributed by atoms with Crippen LogP contribution in [0.15, 0.2) is 23.1 Å². The van der Waals surface area contributed by atoms with E-state index in [9.17, 15) is 13.2 Å². The van der Waals surface area contributed by atoms with Crippen molar-refractivity contribution in [1.29, 1.82) is 0 Å². The Balaban J connectivity index is 1.45. The number of anilines is 2. The first-order chi connectivity index (χ1) is 14.8. The summed E-state index contributed by atoms with van der Waals surface area (Å²) in [6.45, 7) is 0. The molecule has 0 fully saturated rings. The zero-order valence-electron chi connectivity index (χ0n) is 17.4. The Kier molecular flexibility index (Phi) is 5.03. The van der Waals surface area contributed by atoms with Crippen molar-refractivity contribution in [2.24, 2.45) is 0 Å². The molecule has 1 heterocycles. The molecule has 162 valence electrons. The third-order valence-corrected chi connectivity index (χ3v) is 8.54. The molecule has 0 bridgehead atoms. The summed E-state index contributed by atoms with van der Waals surface area (Å²) in [5.41, 5.74) is 7.36.